The smallest absolute Gasteiger partial charge is 0.255 e. The molecule has 2 aromatic carbocycles. The summed E-state index contributed by atoms with van der Waals surface area (Å²) in [6, 6.07) is 16.0. The van der Waals surface area contributed by atoms with Gasteiger partial charge >= 0.3 is 0 Å². The molecule has 1 atom stereocenters. The Kier molecular flexibility index (Phi) is 14.8. The van der Waals surface area contributed by atoms with Crippen molar-refractivity contribution in [3.63, 3.8) is 0 Å². The van der Waals surface area contributed by atoms with Gasteiger partial charge in [0.2, 0.25) is 17.7 Å². The normalized spacial score (nSPS) is 18.0. The van der Waals surface area contributed by atoms with Crippen molar-refractivity contribution in [3.8, 4) is 22.9 Å². The van der Waals surface area contributed by atoms with Crippen LogP contribution in [0.4, 0.5) is 20.3 Å². The molecule has 0 radical (unpaired) electrons. The van der Waals surface area contributed by atoms with Crippen molar-refractivity contribution < 1.29 is 37.5 Å². The molecule has 9 rings (SSSR count). The molecule has 0 bridgehead atoms. The lowest BCUT2D eigenvalue weighted by Crippen LogP contribution is -2.61. The maximum Gasteiger partial charge on any atom is 0.255 e. The first-order chi connectivity index (χ1) is 34.8. The van der Waals surface area contributed by atoms with Gasteiger partial charge in [0.15, 0.2) is 0 Å². The van der Waals surface area contributed by atoms with Gasteiger partial charge in [-0.3, -0.25) is 34.2 Å². The van der Waals surface area contributed by atoms with Crippen LogP contribution >= 0.6 is 0 Å². The van der Waals surface area contributed by atoms with E-state index in [-0.39, 0.29) is 30.7 Å². The molecule has 0 aliphatic carbocycles. The molecule has 376 valence electrons. The Morgan fingerprint density at radius 1 is 0.931 bits per heavy atom. The fourth-order valence-corrected chi connectivity index (χ4v) is 10.5. The van der Waals surface area contributed by atoms with Crippen LogP contribution < -0.4 is 25.2 Å². The summed E-state index contributed by atoms with van der Waals surface area (Å²) in [5, 5.41) is 19.5. The van der Waals surface area contributed by atoms with Crippen LogP contribution in [0.1, 0.15) is 96.6 Å². The van der Waals surface area contributed by atoms with Crippen LogP contribution in [0.15, 0.2) is 73.2 Å². The van der Waals surface area contributed by atoms with Gasteiger partial charge in [-0.05, 0) is 99.7 Å². The highest BCUT2D eigenvalue weighted by molar-refractivity contribution is 6.05. The summed E-state index contributed by atoms with van der Waals surface area (Å²) in [6.07, 6.45) is 10.2. The summed E-state index contributed by atoms with van der Waals surface area (Å²) < 4.78 is 36.5. The van der Waals surface area contributed by atoms with Crippen LogP contribution in [-0.4, -0.2) is 136 Å². The number of likely N-dealkylation sites (N-methyl/N-ethyl adjacent to an activating group) is 1. The number of benzene rings is 2. The van der Waals surface area contributed by atoms with Crippen molar-refractivity contribution in [2.75, 3.05) is 75.8 Å². The standard InChI is InChI=1S/C53H59F2N11O6/c1-3-72-40-28-41(49-37(29-56)31-58-66(49)33-40)35-10-15-46(57-30-35)64-20-17-53(18-21-64,60-50(69)43-26-38(54)11-13-44(43)55)34-61(2)48(68)8-6-4-5-7-19-62-22-24-63(25-23-62)39-12-9-36-32-65(52(71)42(36)27-39)45-14-16-47(67)59-51(45)70/h9-13,15,26-28,30-31,33,45H,3-8,14,16-25,32,34H2,1-2H3,(H,60,69)(H,59,67,70). The van der Waals surface area contributed by atoms with Gasteiger partial charge < -0.3 is 29.7 Å². The van der Waals surface area contributed by atoms with Gasteiger partial charge in [0.05, 0.1) is 41.2 Å². The predicted octanol–water partition coefficient (Wildman–Crippen LogP) is 5.71. The van der Waals surface area contributed by atoms with Crippen molar-refractivity contribution >= 4 is 46.6 Å². The van der Waals surface area contributed by atoms with Crippen LogP contribution in [-0.2, 0) is 20.9 Å². The van der Waals surface area contributed by atoms with Crippen LogP contribution in [0.25, 0.3) is 16.6 Å². The number of piperazine rings is 1. The lowest BCUT2D eigenvalue weighted by molar-refractivity contribution is -0.137. The first-order valence-corrected chi connectivity index (χ1v) is 24.8. The summed E-state index contributed by atoms with van der Waals surface area (Å²) in [6.45, 7) is 8.15. The van der Waals surface area contributed by atoms with E-state index in [0.29, 0.717) is 86.6 Å². The number of nitrogens with zero attached hydrogens (tertiary/aromatic N) is 9. The Hall–Kier alpha value is -7.46. The first-order valence-electron chi connectivity index (χ1n) is 24.8. The van der Waals surface area contributed by atoms with Gasteiger partial charge in [-0.1, -0.05) is 18.9 Å². The maximum atomic E-state index is 14.9. The number of nitriles is 1. The van der Waals surface area contributed by atoms with Crippen molar-refractivity contribution in [1.29, 1.82) is 5.26 Å². The average Bonchev–Trinajstić information content (AvgIpc) is 3.95. The number of ether oxygens (including phenoxy) is 1. The molecule has 5 amide bonds. The Labute approximate surface area is 416 Å². The summed E-state index contributed by atoms with van der Waals surface area (Å²) in [5.74, 6) is -1.97. The topological polar surface area (TPSA) is 189 Å². The molecule has 3 fully saturated rings. The third kappa shape index (κ3) is 10.7. The molecular formula is C53H59F2N11O6. The average molecular weight is 984 g/mol. The molecule has 0 spiro atoms. The molecular weight excluding hydrogens is 925 g/mol. The second kappa shape index (κ2) is 21.5. The number of carbonyl (C=O) groups is 5. The number of halogens is 2. The number of amides is 5. The van der Waals surface area contributed by atoms with E-state index in [1.165, 1.54) is 6.20 Å². The minimum absolute atomic E-state index is 0.0615. The highest BCUT2D eigenvalue weighted by Gasteiger charge is 2.41. The number of hydrogen-bond acceptors (Lipinski definition) is 12. The first kappa shape index (κ1) is 49.5. The van der Waals surface area contributed by atoms with Crippen LogP contribution in [0.2, 0.25) is 0 Å². The van der Waals surface area contributed by atoms with E-state index in [2.05, 4.69) is 36.5 Å². The predicted molar refractivity (Wildman–Crippen MR) is 264 cm³/mol. The maximum absolute atomic E-state index is 14.9. The fraction of sp³-hybridized carbons (Fsp3) is 0.434. The van der Waals surface area contributed by atoms with Crippen LogP contribution in [0.3, 0.4) is 0 Å². The van der Waals surface area contributed by atoms with Crippen molar-refractivity contribution in [2.24, 2.45) is 0 Å². The molecule has 19 heteroatoms. The minimum Gasteiger partial charge on any atom is -0.492 e. The van der Waals surface area contributed by atoms with Gasteiger partial charge in [-0.25, -0.2) is 18.3 Å². The zero-order valence-electron chi connectivity index (χ0n) is 40.7. The third-order valence-electron chi connectivity index (χ3n) is 14.5. The van der Waals surface area contributed by atoms with E-state index in [0.717, 1.165) is 92.6 Å². The molecule has 7 heterocycles. The van der Waals surface area contributed by atoms with E-state index < -0.39 is 40.6 Å². The van der Waals surface area contributed by atoms with E-state index in [4.69, 9.17) is 9.72 Å². The van der Waals surface area contributed by atoms with Crippen LogP contribution in [0.5, 0.6) is 5.75 Å². The lowest BCUT2D eigenvalue weighted by Gasteiger charge is -2.44. The highest BCUT2D eigenvalue weighted by Crippen LogP contribution is 2.34. The SMILES string of the molecule is CCOc1cc(-c2ccc(N3CCC(CN(C)C(=O)CCCCCCN4CCN(c5ccc6c(c5)C(=O)N(C5CCC(=O)NC5=O)C6)CC4)(NC(=O)c4cc(F)ccc4F)CC3)nc2)c2c(C#N)cnn2c1. The fourth-order valence-electron chi connectivity index (χ4n) is 10.5. The van der Waals surface area contributed by atoms with Crippen LogP contribution in [0, 0.1) is 23.0 Å². The molecule has 3 aromatic heterocycles. The quantitative estimate of drug-likeness (QED) is 0.0856. The lowest BCUT2D eigenvalue weighted by atomic mass is 9.86. The van der Waals surface area contributed by atoms with E-state index in [9.17, 15) is 38.0 Å². The largest absolute Gasteiger partial charge is 0.492 e. The summed E-state index contributed by atoms with van der Waals surface area (Å²) in [4.78, 5) is 79.6. The van der Waals surface area contributed by atoms with E-state index >= 15 is 0 Å². The zero-order valence-corrected chi connectivity index (χ0v) is 40.7. The number of nitrogens with one attached hydrogen (secondary N) is 2. The number of unbranched alkanes of at least 4 members (excludes halogenated alkanes) is 3. The number of piperidine rings is 2. The molecule has 5 aromatic rings. The number of fused-ring (bicyclic) bond motifs is 2. The summed E-state index contributed by atoms with van der Waals surface area (Å²) in [7, 11) is 1.72. The molecule has 0 saturated carbocycles. The summed E-state index contributed by atoms with van der Waals surface area (Å²) in [5.41, 5.74) is 3.73. The number of anilines is 2. The Bertz CT molecular complexity index is 2910. The van der Waals surface area contributed by atoms with Gasteiger partial charge in [0.25, 0.3) is 11.8 Å². The molecule has 4 aliphatic rings. The number of carbonyl (C=O) groups excluding carboxylic acids is 5. The zero-order chi connectivity index (χ0) is 50.5. The van der Waals surface area contributed by atoms with Crippen molar-refractivity contribution in [1.82, 2.24) is 39.9 Å². The highest BCUT2D eigenvalue weighted by atomic mass is 19.1. The molecule has 17 nitrogen and oxygen atoms in total. The van der Waals surface area contributed by atoms with Gasteiger partial charge in [-0.2, -0.15) is 10.4 Å². The van der Waals surface area contributed by atoms with E-state index in [1.807, 2.05) is 43.3 Å². The number of pyridine rings is 2. The number of rotatable bonds is 17. The summed E-state index contributed by atoms with van der Waals surface area (Å²) >= 11 is 0. The minimum atomic E-state index is -0.932. The van der Waals surface area contributed by atoms with Gasteiger partial charge in [0, 0.05) is 101 Å². The third-order valence-corrected chi connectivity index (χ3v) is 14.5. The monoisotopic (exact) mass is 983 g/mol. The Balaban J connectivity index is 0.749. The number of aromatic nitrogens is 3. The van der Waals surface area contributed by atoms with Gasteiger partial charge in [-0.15, -0.1) is 0 Å². The second-order valence-electron chi connectivity index (χ2n) is 19.2. The molecule has 2 N–H and O–H groups in total. The second-order valence-corrected chi connectivity index (χ2v) is 19.2. The van der Waals surface area contributed by atoms with E-state index in [1.54, 1.807) is 33.8 Å². The van der Waals surface area contributed by atoms with Gasteiger partial charge in [0.1, 0.15) is 35.3 Å². The number of imide groups is 1. The Morgan fingerprint density at radius 2 is 1.72 bits per heavy atom. The number of hydrogen-bond donors (Lipinski definition) is 2. The molecule has 72 heavy (non-hydrogen) atoms. The molecule has 1 unspecified atom stereocenters. The molecule has 4 aliphatic heterocycles. The molecule has 3 saturated heterocycles. The van der Waals surface area contributed by atoms with Crippen molar-refractivity contribution in [3.05, 3.63) is 107 Å². The van der Waals surface area contributed by atoms with Crippen molar-refractivity contribution in [2.45, 2.75) is 82.8 Å². The Morgan fingerprint density at radius 3 is 2.46 bits per heavy atom.